The molecule has 0 bridgehead atoms. The van der Waals surface area contributed by atoms with E-state index in [4.69, 9.17) is 5.11 Å². The van der Waals surface area contributed by atoms with Crippen molar-refractivity contribution in [3.05, 3.63) is 23.0 Å². The second-order valence-corrected chi connectivity index (χ2v) is 2.54. The van der Waals surface area contributed by atoms with E-state index < -0.39 is 23.9 Å². The molecule has 1 aromatic rings. The Kier molecular flexibility index (Phi) is 5.07. The van der Waals surface area contributed by atoms with E-state index in [1.165, 1.54) is 13.1 Å². The minimum atomic E-state index is -1.52. The summed E-state index contributed by atoms with van der Waals surface area (Å²) in [7, 11) is 0. The van der Waals surface area contributed by atoms with Gasteiger partial charge in [0.2, 0.25) is 0 Å². The Morgan fingerprint density at radius 3 is 2.64 bits per heavy atom. The molecule has 1 rings (SSSR count). The van der Waals surface area contributed by atoms with Gasteiger partial charge < -0.3 is 20.1 Å². The number of aromatic nitrogens is 1. The Morgan fingerprint density at radius 2 is 2.21 bits per heavy atom. The molecule has 0 unspecified atom stereocenters. The van der Waals surface area contributed by atoms with Crippen molar-refractivity contribution in [1.29, 1.82) is 0 Å². The molecule has 14 heavy (non-hydrogen) atoms. The van der Waals surface area contributed by atoms with Crippen LogP contribution >= 0.6 is 0 Å². The number of hydrogen-bond acceptors (Lipinski definition) is 5. The molecule has 0 radical (unpaired) electrons. The van der Waals surface area contributed by atoms with E-state index in [1.807, 2.05) is 0 Å². The summed E-state index contributed by atoms with van der Waals surface area (Å²) in [4.78, 5) is 14.2. The average Bonchev–Trinajstić information content (AvgIpc) is 2.08. The Balaban J connectivity index is 0.00000169. The van der Waals surface area contributed by atoms with E-state index in [2.05, 4.69) is 4.98 Å². The predicted octanol–water partition coefficient (Wildman–Crippen LogP) is -4.04. The Labute approximate surface area is 103 Å². The third-order valence-electron chi connectivity index (χ3n) is 1.69. The first-order chi connectivity index (χ1) is 6.07. The smallest absolute Gasteiger partial charge is 0.545 e. The first-order valence-corrected chi connectivity index (χ1v) is 3.57. The van der Waals surface area contributed by atoms with Gasteiger partial charge in [-0.15, -0.1) is 0 Å². The molecular formula is C8H8NNaO4. The summed E-state index contributed by atoms with van der Waals surface area (Å²) < 4.78 is 0. The van der Waals surface area contributed by atoms with Gasteiger partial charge in [-0.2, -0.15) is 0 Å². The summed E-state index contributed by atoms with van der Waals surface area (Å²) in [6.45, 7) is 0.965. The fourth-order valence-corrected chi connectivity index (χ4v) is 0.981. The molecule has 0 saturated carbocycles. The van der Waals surface area contributed by atoms with Crippen LogP contribution in [0.1, 0.15) is 21.6 Å². The number of carboxylic acids is 1. The number of aromatic hydroxyl groups is 1. The van der Waals surface area contributed by atoms with Crippen LogP contribution in [0.2, 0.25) is 0 Å². The third kappa shape index (κ3) is 2.45. The van der Waals surface area contributed by atoms with E-state index in [9.17, 15) is 15.0 Å². The van der Waals surface area contributed by atoms with Gasteiger partial charge in [-0.1, -0.05) is 0 Å². The van der Waals surface area contributed by atoms with Gasteiger partial charge in [0.05, 0.1) is 18.3 Å². The normalized spacial score (nSPS) is 9.29. The first kappa shape index (κ1) is 13.4. The summed E-state index contributed by atoms with van der Waals surface area (Å²) in [5, 5.41) is 28.6. The molecule has 5 nitrogen and oxygen atoms in total. The number of hydrogen-bond donors (Lipinski definition) is 2. The van der Waals surface area contributed by atoms with E-state index in [1.54, 1.807) is 0 Å². The van der Waals surface area contributed by atoms with Crippen LogP contribution < -0.4 is 34.7 Å². The molecule has 0 aliphatic rings. The van der Waals surface area contributed by atoms with E-state index in [-0.39, 0.29) is 40.8 Å². The first-order valence-electron chi connectivity index (χ1n) is 3.57. The molecular weight excluding hydrogens is 197 g/mol. The Morgan fingerprint density at radius 1 is 1.64 bits per heavy atom. The van der Waals surface area contributed by atoms with Crippen LogP contribution in [0.3, 0.4) is 0 Å². The zero-order valence-electron chi connectivity index (χ0n) is 7.94. The van der Waals surface area contributed by atoms with Gasteiger partial charge in [0.25, 0.3) is 0 Å². The number of aryl methyl sites for hydroxylation is 1. The van der Waals surface area contributed by atoms with Gasteiger partial charge in [-0.3, -0.25) is 4.98 Å². The molecule has 0 spiro atoms. The maximum absolute atomic E-state index is 10.5. The largest absolute Gasteiger partial charge is 1.00 e. The molecule has 6 heteroatoms. The Hall–Kier alpha value is -0.620. The molecule has 0 fully saturated rings. The fraction of sp³-hybridized carbons (Fsp3) is 0.250. The molecule has 0 aromatic carbocycles. The van der Waals surface area contributed by atoms with Gasteiger partial charge in [0.15, 0.2) is 0 Å². The van der Waals surface area contributed by atoms with Crippen molar-refractivity contribution in [2.75, 3.05) is 0 Å². The number of aliphatic hydroxyl groups is 1. The van der Waals surface area contributed by atoms with Crippen LogP contribution in [-0.4, -0.2) is 21.2 Å². The molecule has 2 N–H and O–H groups in total. The molecule has 0 saturated heterocycles. The predicted molar refractivity (Wildman–Crippen MR) is 40.9 cm³/mol. The van der Waals surface area contributed by atoms with Crippen molar-refractivity contribution >= 4 is 5.97 Å². The summed E-state index contributed by atoms with van der Waals surface area (Å²) in [6, 6.07) is 0. The number of carboxylic acid groups (broad SMARTS) is 1. The average molecular weight is 205 g/mol. The zero-order valence-corrected chi connectivity index (χ0v) is 9.94. The van der Waals surface area contributed by atoms with E-state index in [0.717, 1.165) is 0 Å². The van der Waals surface area contributed by atoms with E-state index in [0.29, 0.717) is 0 Å². The quantitative estimate of drug-likeness (QED) is 0.479. The summed E-state index contributed by atoms with van der Waals surface area (Å²) in [6.07, 6.45) is 1.19. The van der Waals surface area contributed by atoms with E-state index >= 15 is 0 Å². The van der Waals surface area contributed by atoms with Gasteiger partial charge in [0.1, 0.15) is 5.75 Å². The van der Waals surface area contributed by atoms with Crippen molar-refractivity contribution in [3.8, 4) is 5.75 Å². The molecule has 0 aliphatic carbocycles. The van der Waals surface area contributed by atoms with Crippen LogP contribution in [0.25, 0.3) is 0 Å². The van der Waals surface area contributed by atoms with Crippen LogP contribution in [0.15, 0.2) is 6.20 Å². The number of aromatic carboxylic acids is 1. The summed E-state index contributed by atoms with van der Waals surface area (Å²) in [5.74, 6) is -1.97. The van der Waals surface area contributed by atoms with Gasteiger partial charge in [0, 0.05) is 17.3 Å². The van der Waals surface area contributed by atoms with Gasteiger partial charge in [-0.05, 0) is 6.92 Å². The SMILES string of the molecule is Cc1ncc(CO)c(C(=O)[O-])c1O.[Na+]. The Bertz CT molecular complexity index is 353. The van der Waals surface area contributed by atoms with Crippen LogP contribution in [0.5, 0.6) is 5.75 Å². The third-order valence-corrected chi connectivity index (χ3v) is 1.69. The van der Waals surface area contributed by atoms with Crippen molar-refractivity contribution in [2.24, 2.45) is 0 Å². The molecule has 1 heterocycles. The zero-order chi connectivity index (χ0) is 10.0. The van der Waals surface area contributed by atoms with Crippen molar-refractivity contribution in [3.63, 3.8) is 0 Å². The summed E-state index contributed by atoms with van der Waals surface area (Å²) >= 11 is 0. The topological polar surface area (TPSA) is 93.5 Å². The molecule has 70 valence electrons. The minimum absolute atomic E-state index is 0. The number of nitrogens with zero attached hydrogens (tertiary/aromatic N) is 1. The molecule has 0 amide bonds. The van der Waals surface area contributed by atoms with Crippen molar-refractivity contribution in [2.45, 2.75) is 13.5 Å². The van der Waals surface area contributed by atoms with Crippen LogP contribution in [0.4, 0.5) is 0 Å². The maximum atomic E-state index is 10.5. The second kappa shape index (κ2) is 5.31. The van der Waals surface area contributed by atoms with Gasteiger partial charge >= 0.3 is 29.6 Å². The standard InChI is InChI=1S/C8H9NO4.Na/c1-4-7(11)6(8(12)13)5(3-10)2-9-4;/h2,10-11H,3H2,1H3,(H,12,13);/q;+1/p-1. The van der Waals surface area contributed by atoms with Crippen molar-refractivity contribution < 1.29 is 49.7 Å². The molecule has 0 atom stereocenters. The van der Waals surface area contributed by atoms with Crippen LogP contribution in [0, 0.1) is 6.92 Å². The van der Waals surface area contributed by atoms with Crippen LogP contribution in [-0.2, 0) is 6.61 Å². The number of carbonyl (C=O) groups is 1. The number of rotatable bonds is 2. The fourth-order valence-electron chi connectivity index (χ4n) is 0.981. The number of aliphatic hydroxyl groups excluding tert-OH is 1. The number of carbonyl (C=O) groups excluding carboxylic acids is 1. The molecule has 0 aliphatic heterocycles. The van der Waals surface area contributed by atoms with Crippen molar-refractivity contribution in [1.82, 2.24) is 4.98 Å². The monoisotopic (exact) mass is 205 g/mol. The minimum Gasteiger partial charge on any atom is -0.545 e. The maximum Gasteiger partial charge on any atom is 1.00 e. The summed E-state index contributed by atoms with van der Waals surface area (Å²) in [5.41, 5.74) is -0.158. The van der Waals surface area contributed by atoms with Gasteiger partial charge in [-0.25, -0.2) is 0 Å². The second-order valence-electron chi connectivity index (χ2n) is 2.54. The number of pyridine rings is 1. The molecule has 1 aromatic heterocycles.